The molecule has 0 aromatic carbocycles. The van der Waals surface area contributed by atoms with Crippen LogP contribution in [0.5, 0.6) is 0 Å². The fourth-order valence-electron chi connectivity index (χ4n) is 0. The Balaban J connectivity index is 0. The Kier molecular flexibility index (Phi) is 16.0. The molecular weight excluding hydrogens is 245 g/mol. The van der Waals surface area contributed by atoms with Crippen molar-refractivity contribution in [3.63, 3.8) is 0 Å². The molecule has 0 aromatic rings. The predicted molar refractivity (Wildman–Crippen MR) is 20.5 cm³/mol. The Morgan fingerprint density at radius 2 is 2.00 bits per heavy atom. The predicted octanol–water partition coefficient (Wildman–Crippen LogP) is 1.58. The maximum atomic E-state index is 3.48. The molecule has 0 rings (SSSR count). The van der Waals surface area contributed by atoms with Crippen LogP contribution in [0.1, 0.15) is 13.3 Å². The van der Waals surface area contributed by atoms with E-state index in [9.17, 15) is 0 Å². The van der Waals surface area contributed by atoms with E-state index in [2.05, 4.69) is 13.5 Å². The minimum absolute atomic E-state index is 0. The van der Waals surface area contributed by atoms with Crippen molar-refractivity contribution in [3.8, 4) is 0 Å². The third-order valence-electron chi connectivity index (χ3n) is 0.289. The van der Waals surface area contributed by atoms with Gasteiger partial charge in [-0.25, -0.2) is 0 Å². The topological polar surface area (TPSA) is 0 Å². The second kappa shape index (κ2) is 8.82. The van der Waals surface area contributed by atoms with E-state index in [1.165, 1.54) is 0 Å². The minimum atomic E-state index is 0. The quantitative estimate of drug-likeness (QED) is 0.491. The van der Waals surface area contributed by atoms with Crippen LogP contribution in [0.2, 0.25) is 0 Å². The molecule has 0 fully saturated rings. The zero-order valence-electron chi connectivity index (χ0n) is 3.29. The van der Waals surface area contributed by atoms with Crippen LogP contribution in [0, 0.1) is 0 Å². The first-order valence-corrected chi connectivity index (χ1v) is 1.52. The molecule has 1 radical (unpaired) electrons. The molecule has 35 valence electrons. The summed E-state index contributed by atoms with van der Waals surface area (Å²) in [5, 5.41) is 0. The summed E-state index contributed by atoms with van der Waals surface area (Å²) in [5.41, 5.74) is 0. The fourth-order valence-corrected chi connectivity index (χ4v) is 0. The molecule has 1 heteroatoms. The van der Waals surface area contributed by atoms with Crippen LogP contribution >= 0.6 is 0 Å². The normalized spacial score (nSPS) is 5.00. The summed E-state index contributed by atoms with van der Waals surface area (Å²) in [4.78, 5) is 0. The first kappa shape index (κ1) is 9.08. The number of allylic oxidation sites excluding steroid dienone is 1. The van der Waals surface area contributed by atoms with Gasteiger partial charge in [0, 0.05) is 22.4 Å². The van der Waals surface area contributed by atoms with Crippen LogP contribution in [-0.2, 0) is 22.4 Å². The largest absolute Gasteiger partial charge is 0.103 e. The van der Waals surface area contributed by atoms with E-state index in [0.717, 1.165) is 6.42 Å². The summed E-state index contributed by atoms with van der Waals surface area (Å²) in [6.45, 7) is 5.54. The molecule has 0 aromatic heterocycles. The van der Waals surface area contributed by atoms with E-state index in [1.54, 1.807) is 0 Å². The molecule has 0 saturated carbocycles. The van der Waals surface area contributed by atoms with Gasteiger partial charge < -0.3 is 0 Å². The first-order valence-electron chi connectivity index (χ1n) is 1.52. The van der Waals surface area contributed by atoms with Crippen LogP contribution in [0.4, 0.5) is 0 Å². The zero-order chi connectivity index (χ0) is 3.41. The third kappa shape index (κ3) is 12.6. The maximum absolute atomic E-state index is 3.48. The van der Waals surface area contributed by atoms with E-state index in [0.29, 0.717) is 0 Å². The molecular formula is C4H8Au. The van der Waals surface area contributed by atoms with Gasteiger partial charge in [-0.1, -0.05) is 13.0 Å². The molecule has 5 heavy (non-hydrogen) atoms. The molecule has 0 bridgehead atoms. The van der Waals surface area contributed by atoms with Gasteiger partial charge >= 0.3 is 0 Å². The monoisotopic (exact) mass is 253 g/mol. The number of rotatable bonds is 1. The molecule has 0 unspecified atom stereocenters. The second-order valence-electron chi connectivity index (χ2n) is 0.697. The van der Waals surface area contributed by atoms with Crippen molar-refractivity contribution < 1.29 is 22.4 Å². The van der Waals surface area contributed by atoms with E-state index in [-0.39, 0.29) is 22.4 Å². The molecule has 0 aliphatic rings. The van der Waals surface area contributed by atoms with Gasteiger partial charge in [-0.2, -0.15) is 0 Å². The van der Waals surface area contributed by atoms with Crippen molar-refractivity contribution in [1.29, 1.82) is 0 Å². The first-order chi connectivity index (χ1) is 1.91. The maximum Gasteiger partial charge on any atom is 0 e. The molecule has 0 saturated heterocycles. The second-order valence-corrected chi connectivity index (χ2v) is 0.697. The van der Waals surface area contributed by atoms with E-state index >= 15 is 0 Å². The van der Waals surface area contributed by atoms with Crippen LogP contribution in [0.3, 0.4) is 0 Å². The average molecular weight is 253 g/mol. The summed E-state index contributed by atoms with van der Waals surface area (Å²) < 4.78 is 0. The van der Waals surface area contributed by atoms with Gasteiger partial charge in [0.2, 0.25) is 0 Å². The van der Waals surface area contributed by atoms with Gasteiger partial charge in [0.05, 0.1) is 0 Å². The van der Waals surface area contributed by atoms with Gasteiger partial charge in [-0.05, 0) is 6.42 Å². The standard InChI is InChI=1S/C4H8.Au/c1-3-4-2;/h3H,1,4H2,2H3;. The van der Waals surface area contributed by atoms with Crippen molar-refractivity contribution in [2.24, 2.45) is 0 Å². The van der Waals surface area contributed by atoms with Gasteiger partial charge in [-0.3, -0.25) is 0 Å². The van der Waals surface area contributed by atoms with Crippen molar-refractivity contribution in [3.05, 3.63) is 12.7 Å². The fraction of sp³-hybridized carbons (Fsp3) is 0.500. The molecule has 0 spiro atoms. The third-order valence-corrected chi connectivity index (χ3v) is 0.289. The van der Waals surface area contributed by atoms with E-state index < -0.39 is 0 Å². The summed E-state index contributed by atoms with van der Waals surface area (Å²) in [5.74, 6) is 0. The van der Waals surface area contributed by atoms with Crippen LogP contribution in [0.25, 0.3) is 0 Å². The smallest absolute Gasteiger partial charge is 0 e. The minimum Gasteiger partial charge on any atom is -0.103 e. The van der Waals surface area contributed by atoms with Crippen molar-refractivity contribution >= 4 is 0 Å². The molecule has 0 N–H and O–H groups in total. The molecule has 0 amide bonds. The summed E-state index contributed by atoms with van der Waals surface area (Å²) in [7, 11) is 0. The SMILES string of the molecule is C=CCC.[Au]. The number of hydrogen-bond donors (Lipinski definition) is 0. The van der Waals surface area contributed by atoms with Crippen LogP contribution in [0.15, 0.2) is 12.7 Å². The molecule has 0 nitrogen and oxygen atoms in total. The van der Waals surface area contributed by atoms with Crippen LogP contribution < -0.4 is 0 Å². The van der Waals surface area contributed by atoms with E-state index in [4.69, 9.17) is 0 Å². The van der Waals surface area contributed by atoms with Gasteiger partial charge in [0.1, 0.15) is 0 Å². The molecule has 0 atom stereocenters. The van der Waals surface area contributed by atoms with Crippen molar-refractivity contribution in [2.75, 3.05) is 0 Å². The molecule has 0 aliphatic heterocycles. The van der Waals surface area contributed by atoms with Crippen LogP contribution in [-0.4, -0.2) is 0 Å². The van der Waals surface area contributed by atoms with Crippen molar-refractivity contribution in [1.82, 2.24) is 0 Å². The Morgan fingerprint density at radius 1 is 1.80 bits per heavy atom. The van der Waals surface area contributed by atoms with Gasteiger partial charge in [0.25, 0.3) is 0 Å². The summed E-state index contributed by atoms with van der Waals surface area (Å²) in [6.07, 6.45) is 2.96. The average Bonchev–Trinajstić information content (AvgIpc) is 1.37. The summed E-state index contributed by atoms with van der Waals surface area (Å²) >= 11 is 0. The van der Waals surface area contributed by atoms with Gasteiger partial charge in [0.15, 0.2) is 0 Å². The Hall–Kier alpha value is 0.480. The van der Waals surface area contributed by atoms with Gasteiger partial charge in [-0.15, -0.1) is 6.58 Å². The Labute approximate surface area is 48.8 Å². The Bertz CT molecular complexity index is 17.6. The molecule has 0 aliphatic carbocycles. The number of hydrogen-bond acceptors (Lipinski definition) is 0. The summed E-state index contributed by atoms with van der Waals surface area (Å²) in [6, 6.07) is 0. The van der Waals surface area contributed by atoms with E-state index in [1.807, 2.05) is 6.08 Å². The van der Waals surface area contributed by atoms with Crippen molar-refractivity contribution in [2.45, 2.75) is 13.3 Å². The zero-order valence-corrected chi connectivity index (χ0v) is 5.46. The molecule has 0 heterocycles. The Morgan fingerprint density at radius 3 is 2.00 bits per heavy atom.